The summed E-state index contributed by atoms with van der Waals surface area (Å²) in [5, 5.41) is 2.23. The molecule has 0 saturated heterocycles. The summed E-state index contributed by atoms with van der Waals surface area (Å²) in [4.78, 5) is 11.1. The monoisotopic (exact) mass is 224 g/mol. The minimum atomic E-state index is 0.167. The number of Topliss-reactive ketones (excluding diaryl/α,β-unsaturated/α-hetero) is 1. The Labute approximate surface area is 98.8 Å². The van der Waals surface area contributed by atoms with Crippen LogP contribution in [0.15, 0.2) is 46.9 Å². The highest BCUT2D eigenvalue weighted by molar-refractivity contribution is 6.05. The van der Waals surface area contributed by atoms with Gasteiger partial charge in [-0.2, -0.15) is 0 Å². The highest BCUT2D eigenvalue weighted by Gasteiger charge is 2.07. The van der Waals surface area contributed by atoms with Gasteiger partial charge in [-0.25, -0.2) is 0 Å². The zero-order valence-corrected chi connectivity index (χ0v) is 9.57. The summed E-state index contributed by atoms with van der Waals surface area (Å²) in [5.41, 5.74) is 2.75. The second-order valence-electron chi connectivity index (χ2n) is 4.31. The second-order valence-corrected chi connectivity index (χ2v) is 4.31. The first kappa shape index (κ1) is 10.1. The second kappa shape index (κ2) is 3.74. The van der Waals surface area contributed by atoms with Gasteiger partial charge in [-0.1, -0.05) is 30.3 Å². The Morgan fingerprint density at radius 2 is 1.82 bits per heavy atom. The van der Waals surface area contributed by atoms with E-state index in [4.69, 9.17) is 4.42 Å². The van der Waals surface area contributed by atoms with Gasteiger partial charge in [0.25, 0.3) is 0 Å². The number of carbonyl (C=O) groups excluding carboxylic acids is 1. The van der Waals surface area contributed by atoms with Crippen LogP contribution in [-0.2, 0) is 11.2 Å². The third-order valence-electron chi connectivity index (χ3n) is 2.90. The van der Waals surface area contributed by atoms with Crippen LogP contribution in [0.1, 0.15) is 12.5 Å². The molecule has 0 aliphatic carbocycles. The smallest absolute Gasteiger partial charge is 0.135 e. The van der Waals surface area contributed by atoms with Crippen LogP contribution in [0.25, 0.3) is 21.9 Å². The molecule has 3 aromatic rings. The molecule has 1 heterocycles. The molecule has 0 aliphatic heterocycles. The van der Waals surface area contributed by atoms with Crippen LogP contribution in [0.5, 0.6) is 0 Å². The topological polar surface area (TPSA) is 30.2 Å². The van der Waals surface area contributed by atoms with E-state index in [2.05, 4.69) is 0 Å². The maximum atomic E-state index is 11.1. The summed E-state index contributed by atoms with van der Waals surface area (Å²) in [6, 6.07) is 13.9. The number of furan rings is 1. The van der Waals surface area contributed by atoms with Crippen molar-refractivity contribution in [3.8, 4) is 0 Å². The summed E-state index contributed by atoms with van der Waals surface area (Å²) in [5.74, 6) is 0.167. The molecule has 0 aliphatic rings. The Morgan fingerprint density at radius 1 is 1.06 bits per heavy atom. The van der Waals surface area contributed by atoms with Crippen LogP contribution in [0.4, 0.5) is 0 Å². The molecule has 0 amide bonds. The van der Waals surface area contributed by atoms with E-state index in [-0.39, 0.29) is 5.78 Å². The molecule has 0 N–H and O–H groups in total. The molecule has 0 unspecified atom stereocenters. The molecule has 2 aromatic carbocycles. The van der Waals surface area contributed by atoms with Gasteiger partial charge in [-0.3, -0.25) is 4.79 Å². The highest BCUT2D eigenvalue weighted by Crippen LogP contribution is 2.29. The standard InChI is InChI=1S/C15H12O2/c1-10(16)8-11-6-7-13-12-4-2-3-5-14(12)17-15(13)9-11/h2-7,9H,8H2,1H3. The summed E-state index contributed by atoms with van der Waals surface area (Å²) in [6.07, 6.45) is 0.465. The largest absolute Gasteiger partial charge is 0.456 e. The molecule has 0 fully saturated rings. The number of para-hydroxylation sites is 1. The Balaban J connectivity index is 2.23. The number of rotatable bonds is 2. The van der Waals surface area contributed by atoms with Gasteiger partial charge in [0.1, 0.15) is 16.9 Å². The molecule has 0 saturated carbocycles. The van der Waals surface area contributed by atoms with Crippen molar-refractivity contribution in [3.05, 3.63) is 48.0 Å². The lowest BCUT2D eigenvalue weighted by molar-refractivity contribution is -0.116. The van der Waals surface area contributed by atoms with Crippen LogP contribution in [0, 0.1) is 0 Å². The first-order chi connectivity index (χ1) is 8.24. The lowest BCUT2D eigenvalue weighted by Gasteiger charge is -1.96. The van der Waals surface area contributed by atoms with Crippen molar-refractivity contribution in [1.82, 2.24) is 0 Å². The van der Waals surface area contributed by atoms with E-state index in [1.807, 2.05) is 42.5 Å². The first-order valence-electron chi connectivity index (χ1n) is 5.63. The van der Waals surface area contributed by atoms with Crippen LogP contribution < -0.4 is 0 Å². The van der Waals surface area contributed by atoms with Gasteiger partial charge in [0.15, 0.2) is 0 Å². The van der Waals surface area contributed by atoms with Crippen molar-refractivity contribution in [2.24, 2.45) is 0 Å². The zero-order chi connectivity index (χ0) is 11.8. The molecule has 0 radical (unpaired) electrons. The van der Waals surface area contributed by atoms with E-state index in [0.29, 0.717) is 6.42 Å². The predicted molar refractivity (Wildman–Crippen MR) is 68.1 cm³/mol. The zero-order valence-electron chi connectivity index (χ0n) is 9.57. The Morgan fingerprint density at radius 3 is 2.65 bits per heavy atom. The number of ketones is 1. The molecule has 0 bridgehead atoms. The van der Waals surface area contributed by atoms with Crippen molar-refractivity contribution < 1.29 is 9.21 Å². The molecule has 2 nitrogen and oxygen atoms in total. The van der Waals surface area contributed by atoms with Crippen LogP contribution in [0.3, 0.4) is 0 Å². The number of hydrogen-bond acceptors (Lipinski definition) is 2. The SMILES string of the molecule is CC(=O)Cc1ccc2c(c1)oc1ccccc12. The fourth-order valence-corrected chi connectivity index (χ4v) is 2.17. The average Bonchev–Trinajstić information content (AvgIpc) is 2.65. The van der Waals surface area contributed by atoms with Crippen molar-refractivity contribution in [2.45, 2.75) is 13.3 Å². The van der Waals surface area contributed by atoms with E-state index in [1.54, 1.807) is 6.92 Å². The minimum absolute atomic E-state index is 0.167. The number of hydrogen-bond donors (Lipinski definition) is 0. The Bertz CT molecular complexity index is 707. The van der Waals surface area contributed by atoms with Crippen molar-refractivity contribution in [1.29, 1.82) is 0 Å². The number of benzene rings is 2. The lowest BCUT2D eigenvalue weighted by atomic mass is 10.1. The molecule has 0 atom stereocenters. The van der Waals surface area contributed by atoms with E-state index in [9.17, 15) is 4.79 Å². The van der Waals surface area contributed by atoms with Gasteiger partial charge in [-0.15, -0.1) is 0 Å². The van der Waals surface area contributed by atoms with Gasteiger partial charge >= 0.3 is 0 Å². The fourth-order valence-electron chi connectivity index (χ4n) is 2.17. The van der Waals surface area contributed by atoms with E-state index >= 15 is 0 Å². The molecule has 17 heavy (non-hydrogen) atoms. The average molecular weight is 224 g/mol. The van der Waals surface area contributed by atoms with Crippen molar-refractivity contribution in [2.75, 3.05) is 0 Å². The predicted octanol–water partition coefficient (Wildman–Crippen LogP) is 3.72. The quantitative estimate of drug-likeness (QED) is 0.664. The van der Waals surface area contributed by atoms with Crippen molar-refractivity contribution >= 4 is 27.7 Å². The third-order valence-corrected chi connectivity index (χ3v) is 2.90. The van der Waals surface area contributed by atoms with Crippen molar-refractivity contribution in [3.63, 3.8) is 0 Å². The van der Waals surface area contributed by atoms with Gasteiger partial charge in [0.05, 0.1) is 0 Å². The van der Waals surface area contributed by atoms with Gasteiger partial charge < -0.3 is 4.42 Å². The molecule has 3 rings (SSSR count). The molecule has 0 spiro atoms. The molecule has 1 aromatic heterocycles. The normalized spacial score (nSPS) is 11.1. The molecule has 2 heteroatoms. The summed E-state index contributed by atoms with van der Waals surface area (Å²) < 4.78 is 5.76. The number of fused-ring (bicyclic) bond motifs is 3. The van der Waals surface area contributed by atoms with E-state index in [0.717, 1.165) is 27.5 Å². The Kier molecular flexibility index (Phi) is 2.22. The van der Waals surface area contributed by atoms with Crippen LogP contribution in [0.2, 0.25) is 0 Å². The maximum Gasteiger partial charge on any atom is 0.135 e. The molecular weight excluding hydrogens is 212 g/mol. The lowest BCUT2D eigenvalue weighted by Crippen LogP contribution is -1.95. The summed E-state index contributed by atoms with van der Waals surface area (Å²) in [7, 11) is 0. The van der Waals surface area contributed by atoms with Crippen LogP contribution in [-0.4, -0.2) is 5.78 Å². The van der Waals surface area contributed by atoms with E-state index in [1.165, 1.54) is 0 Å². The minimum Gasteiger partial charge on any atom is -0.456 e. The van der Waals surface area contributed by atoms with Gasteiger partial charge in [0, 0.05) is 17.2 Å². The molecular formula is C15H12O2. The molecule has 84 valence electrons. The maximum absolute atomic E-state index is 11.1. The summed E-state index contributed by atoms with van der Waals surface area (Å²) in [6.45, 7) is 1.60. The number of carbonyl (C=O) groups is 1. The Hall–Kier alpha value is -2.09. The summed E-state index contributed by atoms with van der Waals surface area (Å²) >= 11 is 0. The van der Waals surface area contributed by atoms with Gasteiger partial charge in [-0.05, 0) is 24.6 Å². The fraction of sp³-hybridized carbons (Fsp3) is 0.133. The first-order valence-corrected chi connectivity index (χ1v) is 5.63. The van der Waals surface area contributed by atoms with Gasteiger partial charge in [0.2, 0.25) is 0 Å². The highest BCUT2D eigenvalue weighted by atomic mass is 16.3. The van der Waals surface area contributed by atoms with E-state index < -0.39 is 0 Å². The van der Waals surface area contributed by atoms with Crippen LogP contribution >= 0.6 is 0 Å². The third kappa shape index (κ3) is 1.72.